The van der Waals surface area contributed by atoms with E-state index in [1.165, 1.54) is 0 Å². The zero-order chi connectivity index (χ0) is 12.2. The van der Waals surface area contributed by atoms with Gasteiger partial charge >= 0.3 is 0 Å². The molecule has 0 saturated carbocycles. The molecule has 0 aliphatic rings. The van der Waals surface area contributed by atoms with Crippen LogP contribution >= 0.6 is 11.6 Å². The van der Waals surface area contributed by atoms with Gasteiger partial charge in [-0.25, -0.2) is 4.98 Å². The van der Waals surface area contributed by atoms with Gasteiger partial charge in [0.15, 0.2) is 0 Å². The van der Waals surface area contributed by atoms with E-state index >= 15 is 0 Å². The first-order valence-corrected chi connectivity index (χ1v) is 6.02. The molecule has 1 heterocycles. The summed E-state index contributed by atoms with van der Waals surface area (Å²) in [7, 11) is 0. The molecule has 0 unspecified atom stereocenters. The van der Waals surface area contributed by atoms with Crippen LogP contribution < -0.4 is 0 Å². The Morgan fingerprint density at radius 2 is 2.25 bits per heavy atom. The van der Waals surface area contributed by atoms with Gasteiger partial charge in [-0.2, -0.15) is 0 Å². The van der Waals surface area contributed by atoms with Crippen LogP contribution in [-0.4, -0.2) is 15.2 Å². The molecule has 4 heteroatoms. The molecule has 0 aliphatic carbocycles. The zero-order valence-corrected chi connectivity index (χ0v) is 10.9. The van der Waals surface area contributed by atoms with Gasteiger partial charge in [-0.1, -0.05) is 27.2 Å². The summed E-state index contributed by atoms with van der Waals surface area (Å²) >= 11 is 5.28. The molecule has 16 heavy (non-hydrogen) atoms. The molecule has 0 aromatic carbocycles. The lowest BCUT2D eigenvalue weighted by Gasteiger charge is -2.20. The third-order valence-electron chi connectivity index (χ3n) is 2.86. The highest BCUT2D eigenvalue weighted by Crippen LogP contribution is 2.24. The number of aromatic nitrogens is 2. The van der Waals surface area contributed by atoms with Crippen molar-refractivity contribution in [1.82, 2.24) is 9.97 Å². The predicted octanol–water partition coefficient (Wildman–Crippen LogP) is 3.09. The highest BCUT2D eigenvalue weighted by Gasteiger charge is 2.17. The Morgan fingerprint density at radius 3 is 2.81 bits per heavy atom. The van der Waals surface area contributed by atoms with Gasteiger partial charge in [-0.05, 0) is 23.4 Å². The number of halogens is 1. The van der Waals surface area contributed by atoms with Gasteiger partial charge in [0.2, 0.25) is 5.24 Å². The fourth-order valence-corrected chi connectivity index (χ4v) is 1.55. The first kappa shape index (κ1) is 13.2. The Labute approximate surface area is 102 Å². The van der Waals surface area contributed by atoms with Crippen molar-refractivity contribution in [2.45, 2.75) is 46.5 Å². The van der Waals surface area contributed by atoms with Gasteiger partial charge in [-0.15, -0.1) is 0 Å². The minimum atomic E-state index is -0.313. The second kappa shape index (κ2) is 5.48. The van der Waals surface area contributed by atoms with Crippen LogP contribution in [0.2, 0.25) is 0 Å². The van der Waals surface area contributed by atoms with Crippen LogP contribution in [-0.2, 0) is 17.6 Å². The van der Waals surface area contributed by atoms with E-state index in [4.69, 9.17) is 11.6 Å². The predicted molar refractivity (Wildman–Crippen MR) is 65.5 cm³/mol. The Bertz CT molecular complexity index is 358. The molecule has 0 spiro atoms. The van der Waals surface area contributed by atoms with E-state index in [0.29, 0.717) is 12.8 Å². The first-order chi connectivity index (χ1) is 7.43. The van der Waals surface area contributed by atoms with Gasteiger partial charge in [0.05, 0.1) is 5.69 Å². The van der Waals surface area contributed by atoms with Gasteiger partial charge in [-0.3, -0.25) is 4.79 Å². The van der Waals surface area contributed by atoms with Crippen molar-refractivity contribution in [2.75, 3.05) is 0 Å². The number of hydrogen-bond donors (Lipinski definition) is 1. The molecular formula is C12H19ClN2O. The summed E-state index contributed by atoms with van der Waals surface area (Å²) in [6.07, 6.45) is 4.93. The van der Waals surface area contributed by atoms with E-state index in [9.17, 15) is 4.79 Å². The molecule has 0 fully saturated rings. The van der Waals surface area contributed by atoms with E-state index in [1.807, 2.05) is 6.20 Å². The number of aryl methyl sites for hydroxylation is 1. The molecule has 0 saturated heterocycles. The molecule has 0 bridgehead atoms. The highest BCUT2D eigenvalue weighted by atomic mass is 35.5. The average molecular weight is 243 g/mol. The number of hydrogen-bond acceptors (Lipinski definition) is 2. The number of imidazole rings is 1. The van der Waals surface area contributed by atoms with Crippen LogP contribution in [0.1, 0.15) is 45.1 Å². The quantitative estimate of drug-likeness (QED) is 0.780. The Hall–Kier alpha value is -0.830. The first-order valence-electron chi connectivity index (χ1n) is 5.64. The molecule has 1 N–H and O–H groups in total. The summed E-state index contributed by atoms with van der Waals surface area (Å²) in [4.78, 5) is 18.2. The SMILES string of the molecule is CCC(C)(C)Cc1c[nH]c(CCC(=O)Cl)n1. The standard InChI is InChI=1S/C12H19ClN2O/c1-4-12(2,3)7-9-8-14-11(15-9)6-5-10(13)16/h8H,4-7H2,1-3H3,(H,14,15). The van der Waals surface area contributed by atoms with Crippen LogP contribution in [0.4, 0.5) is 0 Å². The number of carbonyl (C=O) groups excluding carboxylic acids is 1. The summed E-state index contributed by atoms with van der Waals surface area (Å²) in [5.41, 5.74) is 1.33. The number of aromatic amines is 1. The van der Waals surface area contributed by atoms with Gasteiger partial charge < -0.3 is 4.98 Å². The van der Waals surface area contributed by atoms with Crippen LogP contribution in [0.25, 0.3) is 0 Å². The van der Waals surface area contributed by atoms with E-state index < -0.39 is 0 Å². The van der Waals surface area contributed by atoms with E-state index in [1.54, 1.807) is 0 Å². The maximum absolute atomic E-state index is 10.6. The average Bonchev–Trinajstić information content (AvgIpc) is 2.62. The molecule has 0 atom stereocenters. The van der Waals surface area contributed by atoms with Gasteiger partial charge in [0.1, 0.15) is 5.82 Å². The monoisotopic (exact) mass is 242 g/mol. The number of carbonyl (C=O) groups is 1. The number of H-pyrrole nitrogens is 1. The highest BCUT2D eigenvalue weighted by molar-refractivity contribution is 6.63. The van der Waals surface area contributed by atoms with Gasteiger partial charge in [0.25, 0.3) is 0 Å². The van der Waals surface area contributed by atoms with Crippen molar-refractivity contribution in [1.29, 1.82) is 0 Å². The van der Waals surface area contributed by atoms with Crippen molar-refractivity contribution in [3.05, 3.63) is 17.7 Å². The molecular weight excluding hydrogens is 224 g/mol. The molecule has 3 nitrogen and oxygen atoms in total. The molecule has 1 aromatic rings. The van der Waals surface area contributed by atoms with Crippen molar-refractivity contribution in [3.63, 3.8) is 0 Å². The topological polar surface area (TPSA) is 45.8 Å². The largest absolute Gasteiger partial charge is 0.348 e. The molecule has 0 amide bonds. The lowest BCUT2D eigenvalue weighted by Crippen LogP contribution is -2.13. The number of nitrogens with one attached hydrogen (secondary N) is 1. The number of nitrogens with zero attached hydrogens (tertiary/aromatic N) is 1. The fourth-order valence-electron chi connectivity index (χ4n) is 1.46. The fraction of sp³-hybridized carbons (Fsp3) is 0.667. The Kier molecular flexibility index (Phi) is 4.54. The molecule has 1 rings (SSSR count). The summed E-state index contributed by atoms with van der Waals surface area (Å²) in [6.45, 7) is 6.63. The second-order valence-corrected chi connectivity index (χ2v) is 5.31. The lowest BCUT2D eigenvalue weighted by molar-refractivity contribution is -0.111. The van der Waals surface area contributed by atoms with Crippen molar-refractivity contribution < 1.29 is 4.79 Å². The smallest absolute Gasteiger partial charge is 0.222 e. The van der Waals surface area contributed by atoms with E-state index in [0.717, 1.165) is 24.4 Å². The minimum Gasteiger partial charge on any atom is -0.348 e. The maximum atomic E-state index is 10.6. The van der Waals surface area contributed by atoms with Crippen molar-refractivity contribution in [2.24, 2.45) is 5.41 Å². The van der Waals surface area contributed by atoms with Crippen LogP contribution in [0.5, 0.6) is 0 Å². The Balaban J connectivity index is 2.54. The summed E-state index contributed by atoms with van der Waals surface area (Å²) in [5.74, 6) is 0.843. The number of rotatable bonds is 6. The maximum Gasteiger partial charge on any atom is 0.222 e. The van der Waals surface area contributed by atoms with Gasteiger partial charge in [0, 0.05) is 19.0 Å². The zero-order valence-electron chi connectivity index (χ0n) is 10.1. The molecule has 1 aromatic heterocycles. The van der Waals surface area contributed by atoms with Crippen LogP contribution in [0.3, 0.4) is 0 Å². The molecule has 0 aliphatic heterocycles. The lowest BCUT2D eigenvalue weighted by atomic mass is 9.85. The minimum absolute atomic E-state index is 0.273. The van der Waals surface area contributed by atoms with Crippen LogP contribution in [0.15, 0.2) is 6.20 Å². The third-order valence-corrected chi connectivity index (χ3v) is 3.05. The van der Waals surface area contributed by atoms with E-state index in [-0.39, 0.29) is 10.7 Å². The summed E-state index contributed by atoms with van der Waals surface area (Å²) in [6, 6.07) is 0. The normalized spacial score (nSPS) is 11.8. The summed E-state index contributed by atoms with van der Waals surface area (Å²) in [5, 5.41) is -0.313. The van der Waals surface area contributed by atoms with E-state index in [2.05, 4.69) is 30.7 Å². The Morgan fingerprint density at radius 1 is 1.56 bits per heavy atom. The molecule has 90 valence electrons. The third kappa shape index (κ3) is 4.35. The van der Waals surface area contributed by atoms with Crippen LogP contribution in [0, 0.1) is 5.41 Å². The van der Waals surface area contributed by atoms with Crippen molar-refractivity contribution in [3.8, 4) is 0 Å². The summed E-state index contributed by atoms with van der Waals surface area (Å²) < 4.78 is 0. The second-order valence-electron chi connectivity index (χ2n) is 4.89. The van der Waals surface area contributed by atoms with Crippen molar-refractivity contribution >= 4 is 16.8 Å². The molecule has 0 radical (unpaired) electrons.